The molecule has 126 valence electrons. The minimum absolute atomic E-state index is 0.0732. The van der Waals surface area contributed by atoms with Crippen molar-refractivity contribution < 1.29 is 14.3 Å². The Hall–Kier alpha value is -2.75. The molecule has 0 aliphatic carbocycles. The van der Waals surface area contributed by atoms with Crippen LogP contribution in [0.15, 0.2) is 54.6 Å². The van der Waals surface area contributed by atoms with Crippen LogP contribution in [-0.2, 0) is 11.3 Å². The Balaban J connectivity index is 1.96. The molecule has 0 aromatic heterocycles. The van der Waals surface area contributed by atoms with Crippen molar-refractivity contribution in [1.82, 2.24) is 5.32 Å². The Morgan fingerprint density at radius 1 is 1.12 bits per heavy atom. The normalized spacial score (nSPS) is 10.8. The molecule has 2 aromatic carbocycles. The van der Waals surface area contributed by atoms with E-state index < -0.39 is 0 Å². The summed E-state index contributed by atoms with van der Waals surface area (Å²) in [5.41, 5.74) is 1.94. The van der Waals surface area contributed by atoms with Crippen LogP contribution in [0.4, 0.5) is 0 Å². The standard InChI is InChI=1S/C20H23NO3/c1-15(2)24-18-11-9-16(13-19(18)23-3)10-12-20(22)21-14-17-7-5-4-6-8-17/h4-13,15H,14H2,1-3H3,(H,21,22)/b12-10+. The van der Waals surface area contributed by atoms with Gasteiger partial charge < -0.3 is 14.8 Å². The fraction of sp³-hybridized carbons (Fsp3) is 0.250. The summed E-state index contributed by atoms with van der Waals surface area (Å²) in [5.74, 6) is 1.20. The Morgan fingerprint density at radius 3 is 2.54 bits per heavy atom. The summed E-state index contributed by atoms with van der Waals surface area (Å²) < 4.78 is 11.0. The van der Waals surface area contributed by atoms with E-state index in [1.165, 1.54) is 6.08 Å². The highest BCUT2D eigenvalue weighted by Crippen LogP contribution is 2.29. The van der Waals surface area contributed by atoms with E-state index in [9.17, 15) is 4.79 Å². The van der Waals surface area contributed by atoms with Crippen LogP contribution >= 0.6 is 0 Å². The van der Waals surface area contributed by atoms with Gasteiger partial charge in [0.2, 0.25) is 5.91 Å². The van der Waals surface area contributed by atoms with Crippen molar-refractivity contribution in [1.29, 1.82) is 0 Å². The molecule has 1 amide bonds. The van der Waals surface area contributed by atoms with E-state index in [4.69, 9.17) is 9.47 Å². The molecule has 0 saturated heterocycles. The van der Waals surface area contributed by atoms with Crippen molar-refractivity contribution in [3.63, 3.8) is 0 Å². The molecular weight excluding hydrogens is 302 g/mol. The quantitative estimate of drug-likeness (QED) is 0.788. The van der Waals surface area contributed by atoms with E-state index in [0.717, 1.165) is 11.1 Å². The van der Waals surface area contributed by atoms with Gasteiger partial charge in [0.25, 0.3) is 0 Å². The van der Waals surface area contributed by atoms with Gasteiger partial charge in [-0.1, -0.05) is 36.4 Å². The molecule has 0 heterocycles. The fourth-order valence-electron chi connectivity index (χ4n) is 2.16. The number of nitrogens with one attached hydrogen (secondary N) is 1. The molecule has 0 atom stereocenters. The molecule has 0 fully saturated rings. The molecule has 0 saturated carbocycles. The van der Waals surface area contributed by atoms with Gasteiger partial charge in [-0.25, -0.2) is 0 Å². The predicted octanol–water partition coefficient (Wildman–Crippen LogP) is 3.81. The number of hydrogen-bond acceptors (Lipinski definition) is 3. The monoisotopic (exact) mass is 325 g/mol. The van der Waals surface area contributed by atoms with Crippen LogP contribution in [0.25, 0.3) is 6.08 Å². The maximum atomic E-state index is 11.9. The summed E-state index contributed by atoms with van der Waals surface area (Å²) in [6.07, 6.45) is 3.34. The van der Waals surface area contributed by atoms with Gasteiger partial charge in [-0.2, -0.15) is 0 Å². The Bertz CT molecular complexity index is 693. The lowest BCUT2D eigenvalue weighted by Gasteiger charge is -2.13. The molecule has 0 aliphatic rings. The molecular formula is C20H23NO3. The number of amides is 1. The van der Waals surface area contributed by atoms with E-state index in [1.807, 2.05) is 62.4 Å². The van der Waals surface area contributed by atoms with E-state index in [2.05, 4.69) is 5.32 Å². The third kappa shape index (κ3) is 5.47. The first-order valence-corrected chi connectivity index (χ1v) is 7.93. The molecule has 4 heteroatoms. The molecule has 0 bridgehead atoms. The first-order chi connectivity index (χ1) is 11.6. The SMILES string of the molecule is COc1cc(/C=C/C(=O)NCc2ccccc2)ccc1OC(C)C. The predicted molar refractivity (Wildman–Crippen MR) is 96.1 cm³/mol. The number of carbonyl (C=O) groups is 1. The number of rotatable bonds is 7. The summed E-state index contributed by atoms with van der Waals surface area (Å²) in [7, 11) is 1.60. The number of hydrogen-bond donors (Lipinski definition) is 1. The number of carbonyl (C=O) groups excluding carboxylic acids is 1. The fourth-order valence-corrected chi connectivity index (χ4v) is 2.16. The summed E-state index contributed by atoms with van der Waals surface area (Å²) in [6.45, 7) is 4.43. The van der Waals surface area contributed by atoms with Crippen molar-refractivity contribution in [3.05, 3.63) is 65.7 Å². The maximum Gasteiger partial charge on any atom is 0.244 e. The topological polar surface area (TPSA) is 47.6 Å². The second-order valence-electron chi connectivity index (χ2n) is 5.61. The van der Waals surface area contributed by atoms with Crippen LogP contribution in [0.2, 0.25) is 0 Å². The Morgan fingerprint density at radius 2 is 1.88 bits per heavy atom. The van der Waals surface area contributed by atoms with Crippen molar-refractivity contribution in [2.75, 3.05) is 7.11 Å². The average Bonchev–Trinajstić information content (AvgIpc) is 2.59. The lowest BCUT2D eigenvalue weighted by molar-refractivity contribution is -0.116. The lowest BCUT2D eigenvalue weighted by Crippen LogP contribution is -2.20. The second kappa shape index (κ2) is 8.77. The van der Waals surface area contributed by atoms with E-state index in [1.54, 1.807) is 13.2 Å². The first-order valence-electron chi connectivity index (χ1n) is 7.93. The van der Waals surface area contributed by atoms with E-state index in [-0.39, 0.29) is 12.0 Å². The first kappa shape index (κ1) is 17.6. The van der Waals surface area contributed by atoms with Gasteiger partial charge in [0.05, 0.1) is 13.2 Å². The molecule has 0 spiro atoms. The van der Waals surface area contributed by atoms with Crippen molar-refractivity contribution in [2.24, 2.45) is 0 Å². The van der Waals surface area contributed by atoms with Gasteiger partial charge in [0.15, 0.2) is 11.5 Å². The summed E-state index contributed by atoms with van der Waals surface area (Å²) in [5, 5.41) is 2.85. The molecule has 0 unspecified atom stereocenters. The number of methoxy groups -OCH3 is 1. The Kier molecular flexibility index (Phi) is 6.43. The minimum Gasteiger partial charge on any atom is -0.493 e. The maximum absolute atomic E-state index is 11.9. The molecule has 2 rings (SSSR count). The second-order valence-corrected chi connectivity index (χ2v) is 5.61. The van der Waals surface area contributed by atoms with Gasteiger partial charge in [0, 0.05) is 12.6 Å². The largest absolute Gasteiger partial charge is 0.493 e. The van der Waals surface area contributed by atoms with Crippen LogP contribution in [0.3, 0.4) is 0 Å². The van der Waals surface area contributed by atoms with Crippen molar-refractivity contribution in [2.45, 2.75) is 26.5 Å². The Labute approximate surface area is 143 Å². The van der Waals surface area contributed by atoms with Gasteiger partial charge in [-0.3, -0.25) is 4.79 Å². The number of ether oxygens (including phenoxy) is 2. The van der Waals surface area contributed by atoms with Gasteiger partial charge in [0.1, 0.15) is 0 Å². The van der Waals surface area contributed by atoms with Gasteiger partial charge in [-0.05, 0) is 43.2 Å². The summed E-state index contributed by atoms with van der Waals surface area (Å²) in [4.78, 5) is 11.9. The molecule has 0 aliphatic heterocycles. The average molecular weight is 325 g/mol. The number of benzene rings is 2. The van der Waals surface area contributed by atoms with Gasteiger partial charge in [-0.15, -0.1) is 0 Å². The zero-order valence-corrected chi connectivity index (χ0v) is 14.3. The third-order valence-electron chi connectivity index (χ3n) is 3.29. The molecule has 4 nitrogen and oxygen atoms in total. The highest BCUT2D eigenvalue weighted by molar-refractivity contribution is 5.91. The van der Waals surface area contributed by atoms with E-state index in [0.29, 0.717) is 18.0 Å². The molecule has 24 heavy (non-hydrogen) atoms. The van der Waals surface area contributed by atoms with Crippen LogP contribution in [-0.4, -0.2) is 19.1 Å². The highest BCUT2D eigenvalue weighted by atomic mass is 16.5. The van der Waals surface area contributed by atoms with Crippen molar-refractivity contribution >= 4 is 12.0 Å². The highest BCUT2D eigenvalue weighted by Gasteiger charge is 2.06. The summed E-state index contributed by atoms with van der Waals surface area (Å²) in [6, 6.07) is 15.4. The van der Waals surface area contributed by atoms with Crippen LogP contribution in [0, 0.1) is 0 Å². The van der Waals surface area contributed by atoms with Crippen LogP contribution in [0.1, 0.15) is 25.0 Å². The molecule has 2 aromatic rings. The lowest BCUT2D eigenvalue weighted by atomic mass is 10.2. The van der Waals surface area contributed by atoms with Gasteiger partial charge >= 0.3 is 0 Å². The molecule has 0 radical (unpaired) electrons. The smallest absolute Gasteiger partial charge is 0.244 e. The summed E-state index contributed by atoms with van der Waals surface area (Å²) >= 11 is 0. The van der Waals surface area contributed by atoms with Crippen molar-refractivity contribution in [3.8, 4) is 11.5 Å². The van der Waals surface area contributed by atoms with Crippen LogP contribution in [0.5, 0.6) is 11.5 Å². The van der Waals surface area contributed by atoms with E-state index >= 15 is 0 Å². The molecule has 1 N–H and O–H groups in total. The zero-order chi connectivity index (χ0) is 17.4. The van der Waals surface area contributed by atoms with Crippen LogP contribution < -0.4 is 14.8 Å². The zero-order valence-electron chi connectivity index (χ0n) is 14.3. The minimum atomic E-state index is -0.139. The third-order valence-corrected chi connectivity index (χ3v) is 3.29.